The smallest absolute Gasteiger partial charge is 0.227 e. The molecule has 8 heteroatoms. The van der Waals surface area contributed by atoms with Gasteiger partial charge in [-0.25, -0.2) is 9.98 Å². The van der Waals surface area contributed by atoms with Crippen molar-refractivity contribution in [3.63, 3.8) is 0 Å². The summed E-state index contributed by atoms with van der Waals surface area (Å²) in [5.74, 6) is 2.58. The average Bonchev–Trinajstić information content (AvgIpc) is 3.45. The second-order valence-corrected chi connectivity index (χ2v) is 11.2. The molecule has 1 amide bonds. The van der Waals surface area contributed by atoms with Crippen molar-refractivity contribution >= 4 is 33.9 Å². The Morgan fingerprint density at radius 2 is 1.85 bits per heavy atom. The lowest BCUT2D eigenvalue weighted by Gasteiger charge is -2.19. The van der Waals surface area contributed by atoms with E-state index in [4.69, 9.17) is 9.41 Å². The predicted molar refractivity (Wildman–Crippen MR) is 160 cm³/mol. The molecule has 2 unspecified atom stereocenters. The molecule has 2 atom stereocenters. The second kappa shape index (κ2) is 10.1. The van der Waals surface area contributed by atoms with Crippen LogP contribution in [0, 0.1) is 17.8 Å². The molecule has 7 rings (SSSR count). The number of aromatic amines is 1. The molecule has 3 heterocycles. The summed E-state index contributed by atoms with van der Waals surface area (Å²) in [5, 5.41) is 11.9. The molecule has 0 radical (unpaired) electrons. The lowest BCUT2D eigenvalue weighted by molar-refractivity contribution is -0.118. The number of hydrogen-bond donors (Lipinski definition) is 2. The van der Waals surface area contributed by atoms with Crippen LogP contribution in [0.5, 0.6) is 5.88 Å². The third kappa shape index (κ3) is 4.70. The fraction of sp³-hybridized carbons (Fsp3) is 0.242. The van der Waals surface area contributed by atoms with Gasteiger partial charge in [-0.3, -0.25) is 4.79 Å². The number of fused-ring (bicyclic) bond motifs is 2. The molecule has 1 saturated heterocycles. The van der Waals surface area contributed by atoms with E-state index in [9.17, 15) is 9.90 Å². The number of anilines is 1. The van der Waals surface area contributed by atoms with Crippen molar-refractivity contribution in [3.05, 3.63) is 96.4 Å². The normalized spacial score (nSPS) is 20.3. The first-order valence-electron chi connectivity index (χ1n) is 13.9. The van der Waals surface area contributed by atoms with Gasteiger partial charge in [0.05, 0.1) is 23.2 Å². The Bertz CT molecular complexity index is 1730. The first kappa shape index (κ1) is 25.3. The zero-order valence-electron chi connectivity index (χ0n) is 23.0. The highest BCUT2D eigenvalue weighted by Gasteiger charge is 2.55. The molecule has 2 aromatic heterocycles. The number of aromatic nitrogens is 2. The Hall–Kier alpha value is -4.69. The van der Waals surface area contributed by atoms with Crippen molar-refractivity contribution in [2.45, 2.75) is 6.42 Å². The van der Waals surface area contributed by atoms with Crippen LogP contribution in [0.4, 0.5) is 11.4 Å². The number of aromatic hydroxyl groups is 1. The molecule has 206 valence electrons. The maximum Gasteiger partial charge on any atom is 0.227 e. The van der Waals surface area contributed by atoms with Crippen LogP contribution in [0.3, 0.4) is 0 Å². The second-order valence-electron chi connectivity index (χ2n) is 11.2. The van der Waals surface area contributed by atoms with Gasteiger partial charge in [0.1, 0.15) is 6.26 Å². The lowest BCUT2D eigenvalue weighted by atomic mass is 10.00. The standard InChI is InChI=1S/C33H31N5O3/c1-37-18-26-25(27(26)19-37)17-29(39)38(2)23-11-9-22(10-12-23)35-31(20-6-4-3-5-7-20)30-24-13-8-21(33-34-14-15-41-33)16-28(24)36-32(30)40/h3-16,25-27,36,40H,17-19H2,1-2H3. The monoisotopic (exact) mass is 545 g/mol. The Labute approximate surface area is 238 Å². The number of likely N-dealkylation sites (tertiary alicyclic amines) is 1. The Balaban J connectivity index is 1.18. The van der Waals surface area contributed by atoms with Crippen LogP contribution in [0.15, 0.2) is 94.7 Å². The largest absolute Gasteiger partial charge is 0.494 e. The van der Waals surface area contributed by atoms with Gasteiger partial charge in [0.15, 0.2) is 5.88 Å². The maximum absolute atomic E-state index is 13.0. The molecule has 2 aliphatic rings. The number of carbonyl (C=O) groups is 1. The van der Waals surface area contributed by atoms with Gasteiger partial charge in [-0.1, -0.05) is 36.4 Å². The highest BCUT2D eigenvalue weighted by atomic mass is 16.3. The van der Waals surface area contributed by atoms with Crippen molar-refractivity contribution in [2.75, 3.05) is 32.1 Å². The topological polar surface area (TPSA) is 98.0 Å². The Morgan fingerprint density at radius 1 is 1.10 bits per heavy atom. The number of amides is 1. The molecule has 3 aromatic carbocycles. The molecule has 41 heavy (non-hydrogen) atoms. The predicted octanol–water partition coefficient (Wildman–Crippen LogP) is 5.86. The highest BCUT2D eigenvalue weighted by molar-refractivity contribution is 6.22. The van der Waals surface area contributed by atoms with Gasteiger partial charge in [-0.15, -0.1) is 0 Å². The molecule has 1 aliphatic heterocycles. The summed E-state index contributed by atoms with van der Waals surface area (Å²) >= 11 is 0. The first-order chi connectivity index (χ1) is 20.0. The number of rotatable bonds is 7. The number of piperidine rings is 1. The van der Waals surface area contributed by atoms with Crippen molar-refractivity contribution < 1.29 is 14.3 Å². The quantitative estimate of drug-likeness (QED) is 0.250. The average molecular weight is 546 g/mol. The van der Waals surface area contributed by atoms with Crippen LogP contribution in [-0.4, -0.2) is 58.8 Å². The zero-order chi connectivity index (χ0) is 28.1. The van der Waals surface area contributed by atoms with E-state index < -0.39 is 0 Å². The lowest BCUT2D eigenvalue weighted by Crippen LogP contribution is -2.28. The van der Waals surface area contributed by atoms with E-state index in [2.05, 4.69) is 21.9 Å². The number of benzene rings is 3. The number of H-pyrrole nitrogens is 1. The summed E-state index contributed by atoms with van der Waals surface area (Å²) in [6.07, 6.45) is 3.74. The number of nitrogens with one attached hydrogen (secondary N) is 1. The van der Waals surface area contributed by atoms with Crippen molar-refractivity contribution in [1.29, 1.82) is 0 Å². The molecule has 0 bridgehead atoms. The van der Waals surface area contributed by atoms with E-state index in [0.717, 1.165) is 46.5 Å². The SMILES string of the molecule is CN1CC2C(CC(=O)N(C)c3ccc(N=C(c4ccccc4)c4c(O)[nH]c5cc(-c6ncco6)ccc45)cc3)C2C1. The van der Waals surface area contributed by atoms with Crippen molar-refractivity contribution in [1.82, 2.24) is 14.9 Å². The third-order valence-corrected chi connectivity index (χ3v) is 8.56. The van der Waals surface area contributed by atoms with E-state index in [1.807, 2.05) is 79.8 Å². The summed E-state index contributed by atoms with van der Waals surface area (Å²) in [5.41, 5.74) is 5.24. The van der Waals surface area contributed by atoms with E-state index in [1.165, 1.54) is 6.26 Å². The van der Waals surface area contributed by atoms with Crippen LogP contribution in [-0.2, 0) is 4.79 Å². The van der Waals surface area contributed by atoms with Crippen LogP contribution in [0.25, 0.3) is 22.4 Å². The van der Waals surface area contributed by atoms with Gasteiger partial charge in [0, 0.05) is 54.3 Å². The fourth-order valence-corrected chi connectivity index (χ4v) is 6.31. The number of oxazole rings is 1. The number of nitrogens with zero attached hydrogens (tertiary/aromatic N) is 4. The zero-order valence-corrected chi connectivity index (χ0v) is 23.0. The number of hydrogen-bond acceptors (Lipinski definition) is 6. The molecule has 2 fully saturated rings. The van der Waals surface area contributed by atoms with Gasteiger partial charge in [0.25, 0.3) is 0 Å². The summed E-state index contributed by atoms with van der Waals surface area (Å²) in [6, 6.07) is 23.3. The van der Waals surface area contributed by atoms with Crippen molar-refractivity contribution in [3.8, 4) is 17.3 Å². The first-order valence-corrected chi connectivity index (χ1v) is 13.9. The van der Waals surface area contributed by atoms with E-state index in [-0.39, 0.29) is 11.8 Å². The van der Waals surface area contributed by atoms with E-state index in [0.29, 0.717) is 41.3 Å². The summed E-state index contributed by atoms with van der Waals surface area (Å²) in [6.45, 7) is 2.22. The molecule has 1 aliphatic carbocycles. The fourth-order valence-electron chi connectivity index (χ4n) is 6.31. The summed E-state index contributed by atoms with van der Waals surface area (Å²) in [7, 11) is 4.00. The minimum Gasteiger partial charge on any atom is -0.494 e. The van der Waals surface area contributed by atoms with Crippen LogP contribution >= 0.6 is 0 Å². The van der Waals surface area contributed by atoms with Gasteiger partial charge in [-0.05, 0) is 61.2 Å². The third-order valence-electron chi connectivity index (χ3n) is 8.56. The molecule has 8 nitrogen and oxygen atoms in total. The summed E-state index contributed by atoms with van der Waals surface area (Å²) in [4.78, 5) is 29.5. The van der Waals surface area contributed by atoms with E-state index >= 15 is 0 Å². The summed E-state index contributed by atoms with van der Waals surface area (Å²) < 4.78 is 5.45. The Morgan fingerprint density at radius 3 is 2.56 bits per heavy atom. The van der Waals surface area contributed by atoms with E-state index in [1.54, 1.807) is 11.1 Å². The Kier molecular flexibility index (Phi) is 6.20. The molecular formula is C33H31N5O3. The number of carbonyl (C=O) groups excluding carboxylic acids is 1. The van der Waals surface area contributed by atoms with Gasteiger partial charge < -0.3 is 24.3 Å². The van der Waals surface area contributed by atoms with Gasteiger partial charge >= 0.3 is 0 Å². The minimum absolute atomic E-state index is 0.0325. The minimum atomic E-state index is 0.0325. The van der Waals surface area contributed by atoms with Crippen molar-refractivity contribution in [2.24, 2.45) is 22.7 Å². The molecule has 2 N–H and O–H groups in total. The van der Waals surface area contributed by atoms with Gasteiger partial charge in [-0.2, -0.15) is 0 Å². The maximum atomic E-state index is 13.0. The van der Waals surface area contributed by atoms with Crippen LogP contribution < -0.4 is 4.90 Å². The molecular weight excluding hydrogens is 514 g/mol. The molecule has 1 saturated carbocycles. The number of aliphatic imine (C=N–C) groups is 1. The highest BCUT2D eigenvalue weighted by Crippen LogP contribution is 2.53. The molecule has 5 aromatic rings. The van der Waals surface area contributed by atoms with Gasteiger partial charge in [0.2, 0.25) is 11.8 Å². The molecule has 0 spiro atoms. The van der Waals surface area contributed by atoms with Crippen LogP contribution in [0.1, 0.15) is 17.5 Å². The van der Waals surface area contributed by atoms with Crippen LogP contribution in [0.2, 0.25) is 0 Å².